The lowest BCUT2D eigenvalue weighted by Gasteiger charge is -2.10. The van der Waals surface area contributed by atoms with Crippen LogP contribution in [-0.2, 0) is 0 Å². The van der Waals surface area contributed by atoms with Gasteiger partial charge in [0.25, 0.3) is 0 Å². The van der Waals surface area contributed by atoms with Gasteiger partial charge in [0.05, 0.1) is 11.9 Å². The SMILES string of the molecule is CC(C)(C)N=Cn1cccc1. The molecule has 0 fully saturated rings. The first-order valence-electron chi connectivity index (χ1n) is 3.76. The molecule has 0 bridgehead atoms. The van der Waals surface area contributed by atoms with Crippen LogP contribution in [0.2, 0.25) is 0 Å². The van der Waals surface area contributed by atoms with E-state index in [0.29, 0.717) is 0 Å². The van der Waals surface area contributed by atoms with Crippen molar-refractivity contribution >= 4 is 6.34 Å². The molecule has 0 aliphatic rings. The van der Waals surface area contributed by atoms with Gasteiger partial charge in [0.15, 0.2) is 0 Å². The van der Waals surface area contributed by atoms with E-state index in [4.69, 9.17) is 0 Å². The predicted octanol–water partition coefficient (Wildman–Crippen LogP) is 2.16. The van der Waals surface area contributed by atoms with Crippen LogP contribution in [0.15, 0.2) is 29.5 Å². The normalized spacial score (nSPS) is 12.6. The minimum absolute atomic E-state index is 0.0181. The molecule has 1 rings (SSSR count). The van der Waals surface area contributed by atoms with Crippen LogP contribution in [0, 0.1) is 0 Å². The molecule has 0 N–H and O–H groups in total. The van der Waals surface area contributed by atoms with Crippen molar-refractivity contribution in [2.24, 2.45) is 4.99 Å². The van der Waals surface area contributed by atoms with E-state index >= 15 is 0 Å². The Labute approximate surface area is 67.6 Å². The lowest BCUT2D eigenvalue weighted by molar-refractivity contribution is 0.584. The van der Waals surface area contributed by atoms with Gasteiger partial charge in [-0.05, 0) is 32.9 Å². The molecule has 1 aromatic heterocycles. The number of aromatic nitrogens is 1. The second kappa shape index (κ2) is 2.91. The Bertz CT molecular complexity index is 227. The molecule has 11 heavy (non-hydrogen) atoms. The fourth-order valence-electron chi connectivity index (χ4n) is 0.665. The summed E-state index contributed by atoms with van der Waals surface area (Å²) in [5.41, 5.74) is 0.0181. The minimum atomic E-state index is 0.0181. The summed E-state index contributed by atoms with van der Waals surface area (Å²) in [5, 5.41) is 0. The maximum atomic E-state index is 4.34. The number of nitrogens with zero attached hydrogens (tertiary/aromatic N) is 2. The predicted molar refractivity (Wildman–Crippen MR) is 48.1 cm³/mol. The summed E-state index contributed by atoms with van der Waals surface area (Å²) in [7, 11) is 0. The lowest BCUT2D eigenvalue weighted by atomic mass is 10.1. The maximum absolute atomic E-state index is 4.34. The fraction of sp³-hybridized carbons (Fsp3) is 0.444. The average Bonchev–Trinajstić information content (AvgIpc) is 2.32. The Hall–Kier alpha value is -1.05. The van der Waals surface area contributed by atoms with Gasteiger partial charge in [-0.15, -0.1) is 0 Å². The molecular formula is C9H14N2. The van der Waals surface area contributed by atoms with E-state index in [9.17, 15) is 0 Å². The summed E-state index contributed by atoms with van der Waals surface area (Å²) < 4.78 is 1.94. The van der Waals surface area contributed by atoms with Gasteiger partial charge in [0, 0.05) is 12.4 Å². The molecule has 1 aromatic rings. The summed E-state index contributed by atoms with van der Waals surface area (Å²) in [6.07, 6.45) is 5.77. The summed E-state index contributed by atoms with van der Waals surface area (Å²) in [6.45, 7) is 6.23. The van der Waals surface area contributed by atoms with Crippen molar-refractivity contribution < 1.29 is 0 Å². The zero-order valence-corrected chi connectivity index (χ0v) is 7.28. The molecule has 0 amide bonds. The summed E-state index contributed by atoms with van der Waals surface area (Å²) in [5.74, 6) is 0. The molecule has 2 nitrogen and oxygen atoms in total. The van der Waals surface area contributed by atoms with Crippen molar-refractivity contribution in [3.8, 4) is 0 Å². The van der Waals surface area contributed by atoms with E-state index in [1.807, 2.05) is 35.4 Å². The first kappa shape index (κ1) is 8.05. The van der Waals surface area contributed by atoms with Crippen LogP contribution >= 0.6 is 0 Å². The van der Waals surface area contributed by atoms with Crippen molar-refractivity contribution in [3.05, 3.63) is 24.5 Å². The van der Waals surface area contributed by atoms with E-state index in [2.05, 4.69) is 25.8 Å². The maximum Gasteiger partial charge on any atom is 0.0937 e. The van der Waals surface area contributed by atoms with Gasteiger partial charge in [-0.25, -0.2) is 0 Å². The molecular weight excluding hydrogens is 136 g/mol. The number of hydrogen-bond acceptors (Lipinski definition) is 1. The molecule has 0 radical (unpaired) electrons. The molecule has 0 atom stereocenters. The Morgan fingerprint density at radius 2 is 1.73 bits per heavy atom. The van der Waals surface area contributed by atoms with Gasteiger partial charge in [-0.3, -0.25) is 4.99 Å². The van der Waals surface area contributed by atoms with E-state index in [1.54, 1.807) is 0 Å². The minimum Gasteiger partial charge on any atom is -0.315 e. The molecule has 1 heterocycles. The monoisotopic (exact) mass is 150 g/mol. The van der Waals surface area contributed by atoms with Gasteiger partial charge in [0.1, 0.15) is 0 Å². The van der Waals surface area contributed by atoms with Crippen LogP contribution in [0.25, 0.3) is 0 Å². The summed E-state index contributed by atoms with van der Waals surface area (Å²) in [4.78, 5) is 4.34. The zero-order chi connectivity index (χ0) is 8.32. The lowest BCUT2D eigenvalue weighted by Crippen LogP contribution is -2.10. The third-order valence-corrected chi connectivity index (χ3v) is 1.21. The van der Waals surface area contributed by atoms with Crippen LogP contribution in [-0.4, -0.2) is 16.4 Å². The highest BCUT2D eigenvalue weighted by Gasteiger charge is 2.03. The fourth-order valence-corrected chi connectivity index (χ4v) is 0.665. The van der Waals surface area contributed by atoms with Crippen LogP contribution in [0.1, 0.15) is 20.8 Å². The highest BCUT2D eigenvalue weighted by molar-refractivity contribution is 5.58. The van der Waals surface area contributed by atoms with E-state index < -0.39 is 0 Å². The Balaban J connectivity index is 2.63. The molecule has 0 aliphatic heterocycles. The number of rotatable bonds is 1. The average molecular weight is 150 g/mol. The third kappa shape index (κ3) is 3.03. The van der Waals surface area contributed by atoms with Gasteiger partial charge in [-0.2, -0.15) is 0 Å². The first-order valence-corrected chi connectivity index (χ1v) is 3.76. The molecule has 0 aliphatic carbocycles. The quantitative estimate of drug-likeness (QED) is 0.431. The van der Waals surface area contributed by atoms with Crippen LogP contribution in [0.3, 0.4) is 0 Å². The Kier molecular flexibility index (Phi) is 2.13. The topological polar surface area (TPSA) is 17.3 Å². The van der Waals surface area contributed by atoms with E-state index in [0.717, 1.165) is 0 Å². The molecule has 0 spiro atoms. The van der Waals surface area contributed by atoms with Gasteiger partial charge in [-0.1, -0.05) is 0 Å². The molecule has 2 heteroatoms. The number of aliphatic imine (C=N–C) groups is 1. The third-order valence-electron chi connectivity index (χ3n) is 1.21. The van der Waals surface area contributed by atoms with Crippen molar-refractivity contribution in [1.82, 2.24) is 4.57 Å². The summed E-state index contributed by atoms with van der Waals surface area (Å²) >= 11 is 0. The zero-order valence-electron chi connectivity index (χ0n) is 7.28. The molecule has 60 valence electrons. The van der Waals surface area contributed by atoms with E-state index in [-0.39, 0.29) is 5.54 Å². The summed E-state index contributed by atoms with van der Waals surface area (Å²) in [6, 6.07) is 3.96. The first-order chi connectivity index (χ1) is 5.08. The standard InChI is InChI=1S/C9H14N2/c1-9(2,3)10-8-11-6-4-5-7-11/h4-8H,1-3H3. The van der Waals surface area contributed by atoms with Crippen molar-refractivity contribution in [3.63, 3.8) is 0 Å². The molecule has 0 aromatic carbocycles. The second-order valence-corrected chi connectivity index (χ2v) is 3.55. The van der Waals surface area contributed by atoms with Crippen molar-refractivity contribution in [2.45, 2.75) is 26.3 Å². The smallest absolute Gasteiger partial charge is 0.0937 e. The highest BCUT2D eigenvalue weighted by Crippen LogP contribution is 2.04. The van der Waals surface area contributed by atoms with Gasteiger partial charge >= 0.3 is 0 Å². The Morgan fingerprint density at radius 3 is 2.18 bits per heavy atom. The largest absolute Gasteiger partial charge is 0.315 e. The van der Waals surface area contributed by atoms with E-state index in [1.165, 1.54) is 0 Å². The van der Waals surface area contributed by atoms with Crippen molar-refractivity contribution in [2.75, 3.05) is 0 Å². The number of hydrogen-bond donors (Lipinski definition) is 0. The molecule has 0 saturated heterocycles. The Morgan fingerprint density at radius 1 is 1.18 bits per heavy atom. The molecule has 0 saturated carbocycles. The second-order valence-electron chi connectivity index (χ2n) is 3.55. The van der Waals surface area contributed by atoms with Gasteiger partial charge in [0.2, 0.25) is 0 Å². The van der Waals surface area contributed by atoms with Gasteiger partial charge < -0.3 is 4.57 Å². The molecule has 0 unspecified atom stereocenters. The van der Waals surface area contributed by atoms with Crippen LogP contribution in [0.5, 0.6) is 0 Å². The van der Waals surface area contributed by atoms with Crippen LogP contribution in [0.4, 0.5) is 0 Å². The highest BCUT2D eigenvalue weighted by atomic mass is 15.0. The van der Waals surface area contributed by atoms with Crippen molar-refractivity contribution in [1.29, 1.82) is 0 Å². The van der Waals surface area contributed by atoms with Crippen LogP contribution < -0.4 is 0 Å².